The van der Waals surface area contributed by atoms with E-state index in [4.69, 9.17) is 5.21 Å². The van der Waals surface area contributed by atoms with Crippen molar-refractivity contribution in [2.45, 2.75) is 5.92 Å². The summed E-state index contributed by atoms with van der Waals surface area (Å²) < 4.78 is 0. The second kappa shape index (κ2) is 7.91. The molecule has 122 valence electrons. The Kier molecular flexibility index (Phi) is 5.20. The van der Waals surface area contributed by atoms with Gasteiger partial charge in [-0.25, -0.2) is 5.48 Å². The summed E-state index contributed by atoms with van der Waals surface area (Å²) in [5.41, 5.74) is 4.92. The van der Waals surface area contributed by atoms with Crippen LogP contribution in [0.3, 0.4) is 0 Å². The standard InChI is InChI=1S/C21H16N2O2/c24-21(23-25)20(18-8-2-1-3-9-18)19-10-4-6-16(14-19)11-12-17-7-5-13-22-15-17/h1-10,13-15,20,25H,(H,23,24). The molecule has 1 unspecified atom stereocenters. The average molecular weight is 328 g/mol. The number of rotatable bonds is 3. The van der Waals surface area contributed by atoms with E-state index in [1.54, 1.807) is 17.9 Å². The van der Waals surface area contributed by atoms with Crippen molar-refractivity contribution in [1.29, 1.82) is 0 Å². The number of hydroxylamine groups is 1. The first-order valence-electron chi connectivity index (χ1n) is 7.79. The molecule has 3 rings (SSSR count). The van der Waals surface area contributed by atoms with Gasteiger partial charge in [0.2, 0.25) is 0 Å². The fraction of sp³-hybridized carbons (Fsp3) is 0.0476. The summed E-state index contributed by atoms with van der Waals surface area (Å²) in [6, 6.07) is 20.5. The molecule has 1 atom stereocenters. The molecule has 2 aromatic carbocycles. The van der Waals surface area contributed by atoms with E-state index in [2.05, 4.69) is 16.8 Å². The third kappa shape index (κ3) is 4.11. The maximum absolute atomic E-state index is 12.2. The van der Waals surface area contributed by atoms with Gasteiger partial charge in [0, 0.05) is 23.5 Å². The van der Waals surface area contributed by atoms with Crippen LogP contribution in [-0.2, 0) is 4.79 Å². The zero-order valence-corrected chi connectivity index (χ0v) is 13.4. The molecule has 1 heterocycles. The monoisotopic (exact) mass is 328 g/mol. The second-order valence-electron chi connectivity index (χ2n) is 5.44. The number of carbonyl (C=O) groups is 1. The van der Waals surface area contributed by atoms with E-state index >= 15 is 0 Å². The Morgan fingerprint density at radius 2 is 1.64 bits per heavy atom. The van der Waals surface area contributed by atoms with E-state index < -0.39 is 11.8 Å². The van der Waals surface area contributed by atoms with E-state index in [-0.39, 0.29) is 0 Å². The first-order valence-corrected chi connectivity index (χ1v) is 7.79. The summed E-state index contributed by atoms with van der Waals surface area (Å²) in [5.74, 6) is 5.04. The number of aromatic nitrogens is 1. The smallest absolute Gasteiger partial charge is 0.255 e. The Morgan fingerprint density at radius 3 is 2.36 bits per heavy atom. The van der Waals surface area contributed by atoms with Crippen molar-refractivity contribution in [2.75, 3.05) is 0 Å². The number of hydrogen-bond acceptors (Lipinski definition) is 3. The van der Waals surface area contributed by atoms with E-state index in [0.717, 1.165) is 22.3 Å². The van der Waals surface area contributed by atoms with Crippen molar-refractivity contribution in [3.05, 3.63) is 101 Å². The predicted molar refractivity (Wildman–Crippen MR) is 94.9 cm³/mol. The molecule has 0 aliphatic rings. The lowest BCUT2D eigenvalue weighted by atomic mass is 9.90. The zero-order valence-electron chi connectivity index (χ0n) is 13.4. The molecule has 1 aromatic heterocycles. The Bertz CT molecular complexity index is 913. The minimum atomic E-state index is -0.605. The number of carbonyl (C=O) groups excluding carboxylic acids is 1. The average Bonchev–Trinajstić information content (AvgIpc) is 2.68. The number of nitrogens with zero attached hydrogens (tertiary/aromatic N) is 1. The minimum Gasteiger partial charge on any atom is -0.289 e. The zero-order chi connectivity index (χ0) is 17.5. The van der Waals surface area contributed by atoms with Gasteiger partial charge in [0.15, 0.2) is 0 Å². The summed E-state index contributed by atoms with van der Waals surface area (Å²) in [6.45, 7) is 0. The predicted octanol–water partition coefficient (Wildman–Crippen LogP) is 3.12. The van der Waals surface area contributed by atoms with Crippen LogP contribution in [0.25, 0.3) is 0 Å². The lowest BCUT2D eigenvalue weighted by Gasteiger charge is -2.16. The van der Waals surface area contributed by atoms with Crippen LogP contribution in [0.5, 0.6) is 0 Å². The van der Waals surface area contributed by atoms with E-state index in [0.29, 0.717) is 0 Å². The quantitative estimate of drug-likeness (QED) is 0.441. The molecular formula is C21H16N2O2. The van der Waals surface area contributed by atoms with Crippen LogP contribution < -0.4 is 5.48 Å². The maximum atomic E-state index is 12.2. The third-order valence-corrected chi connectivity index (χ3v) is 3.74. The van der Waals surface area contributed by atoms with Crippen LogP contribution in [0.2, 0.25) is 0 Å². The van der Waals surface area contributed by atoms with Gasteiger partial charge < -0.3 is 0 Å². The summed E-state index contributed by atoms with van der Waals surface area (Å²) in [4.78, 5) is 16.2. The second-order valence-corrected chi connectivity index (χ2v) is 5.44. The van der Waals surface area contributed by atoms with Crippen LogP contribution in [0.1, 0.15) is 28.2 Å². The molecule has 4 nitrogen and oxygen atoms in total. The molecule has 0 aliphatic carbocycles. The molecule has 0 bridgehead atoms. The van der Waals surface area contributed by atoms with Gasteiger partial charge in [-0.05, 0) is 35.4 Å². The van der Waals surface area contributed by atoms with Gasteiger partial charge in [-0.2, -0.15) is 0 Å². The lowest BCUT2D eigenvalue weighted by Crippen LogP contribution is -2.27. The van der Waals surface area contributed by atoms with Gasteiger partial charge in [0.25, 0.3) is 5.91 Å². The highest BCUT2D eigenvalue weighted by Crippen LogP contribution is 2.25. The van der Waals surface area contributed by atoms with E-state index in [9.17, 15) is 4.79 Å². The SMILES string of the molecule is O=C(NO)C(c1ccccc1)c1cccc(C#Cc2cccnc2)c1. The topological polar surface area (TPSA) is 62.2 Å². The molecule has 0 spiro atoms. The van der Waals surface area contributed by atoms with Crippen molar-refractivity contribution < 1.29 is 10.0 Å². The number of nitrogens with one attached hydrogen (secondary N) is 1. The van der Waals surface area contributed by atoms with E-state index in [1.807, 2.05) is 66.7 Å². The third-order valence-electron chi connectivity index (χ3n) is 3.74. The van der Waals surface area contributed by atoms with Crippen LogP contribution >= 0.6 is 0 Å². The fourth-order valence-electron chi connectivity index (χ4n) is 2.58. The van der Waals surface area contributed by atoms with Crippen LogP contribution in [0.4, 0.5) is 0 Å². The number of benzene rings is 2. The summed E-state index contributed by atoms with van der Waals surface area (Å²) in [7, 11) is 0. The fourth-order valence-corrected chi connectivity index (χ4v) is 2.58. The summed E-state index contributed by atoms with van der Waals surface area (Å²) in [5, 5.41) is 9.11. The highest BCUT2D eigenvalue weighted by atomic mass is 16.5. The molecule has 0 fully saturated rings. The minimum absolute atomic E-state index is 0.483. The van der Waals surface area contributed by atoms with E-state index in [1.165, 1.54) is 0 Å². The molecule has 0 saturated carbocycles. The van der Waals surface area contributed by atoms with Crippen LogP contribution in [-0.4, -0.2) is 16.1 Å². The van der Waals surface area contributed by atoms with Gasteiger partial charge in [-0.3, -0.25) is 15.0 Å². The molecule has 0 radical (unpaired) electrons. The maximum Gasteiger partial charge on any atom is 0.255 e. The lowest BCUT2D eigenvalue weighted by molar-refractivity contribution is -0.129. The molecule has 25 heavy (non-hydrogen) atoms. The van der Waals surface area contributed by atoms with Gasteiger partial charge in [-0.15, -0.1) is 0 Å². The first kappa shape index (κ1) is 16.4. The molecule has 4 heteroatoms. The highest BCUT2D eigenvalue weighted by Gasteiger charge is 2.22. The van der Waals surface area contributed by atoms with Gasteiger partial charge in [0.1, 0.15) is 0 Å². The number of amides is 1. The van der Waals surface area contributed by atoms with Crippen LogP contribution in [0.15, 0.2) is 79.1 Å². The number of hydrogen-bond donors (Lipinski definition) is 2. The Balaban J connectivity index is 1.96. The van der Waals surface area contributed by atoms with Crippen molar-refractivity contribution in [3.8, 4) is 11.8 Å². The summed E-state index contributed by atoms with van der Waals surface area (Å²) >= 11 is 0. The van der Waals surface area contributed by atoms with Crippen molar-refractivity contribution in [1.82, 2.24) is 10.5 Å². The Morgan fingerprint density at radius 1 is 0.920 bits per heavy atom. The molecule has 0 aliphatic heterocycles. The van der Waals surface area contributed by atoms with Gasteiger partial charge in [0.05, 0.1) is 5.92 Å². The normalized spacial score (nSPS) is 11.1. The molecule has 2 N–H and O–H groups in total. The van der Waals surface area contributed by atoms with Gasteiger partial charge in [-0.1, -0.05) is 54.3 Å². The van der Waals surface area contributed by atoms with Crippen molar-refractivity contribution >= 4 is 5.91 Å². The summed E-state index contributed by atoms with van der Waals surface area (Å²) in [6.07, 6.45) is 3.40. The molecule has 1 amide bonds. The van der Waals surface area contributed by atoms with Crippen molar-refractivity contribution in [3.63, 3.8) is 0 Å². The van der Waals surface area contributed by atoms with Gasteiger partial charge >= 0.3 is 0 Å². The highest BCUT2D eigenvalue weighted by molar-refractivity contribution is 5.86. The number of pyridine rings is 1. The largest absolute Gasteiger partial charge is 0.289 e. The molecule has 0 saturated heterocycles. The van der Waals surface area contributed by atoms with Crippen molar-refractivity contribution in [2.24, 2.45) is 0 Å². The molecule has 3 aromatic rings. The molecular weight excluding hydrogens is 312 g/mol. The Labute approximate surface area is 146 Å². The Hall–Kier alpha value is -3.42. The van der Waals surface area contributed by atoms with Crippen LogP contribution in [0, 0.1) is 11.8 Å². The first-order chi connectivity index (χ1) is 12.3.